The van der Waals surface area contributed by atoms with Gasteiger partial charge in [-0.05, 0) is 93.7 Å². The van der Waals surface area contributed by atoms with E-state index in [4.69, 9.17) is 45.6 Å². The maximum Gasteiger partial charge on any atom is 0.148 e. The molecular weight excluding hydrogens is 882 g/mol. The van der Waals surface area contributed by atoms with E-state index in [1.165, 1.54) is 9.65 Å². The number of nitrogen functional groups attached to an aromatic ring is 1. The summed E-state index contributed by atoms with van der Waals surface area (Å²) in [6.45, 7) is 0. The van der Waals surface area contributed by atoms with Crippen molar-refractivity contribution in [3.8, 4) is 11.5 Å². The number of phenols is 2. The molecule has 4 aromatic rings. The van der Waals surface area contributed by atoms with Crippen LogP contribution >= 0.6 is 92.4 Å². The number of nitrogens with one attached hydrogen (secondary N) is 1. The highest BCUT2D eigenvalue weighted by molar-refractivity contribution is 14.1. The number of halogens is 8. The highest BCUT2D eigenvalue weighted by atomic mass is 127. The van der Waals surface area contributed by atoms with Gasteiger partial charge in [0.15, 0.2) is 0 Å². The van der Waals surface area contributed by atoms with Gasteiger partial charge >= 0.3 is 0 Å². The van der Waals surface area contributed by atoms with Crippen LogP contribution in [-0.4, -0.2) is 27.5 Å². The Bertz CT molecular complexity index is 1750. The molecule has 1 aliphatic heterocycles. The van der Waals surface area contributed by atoms with Crippen LogP contribution < -0.4 is 11.1 Å². The van der Waals surface area contributed by atoms with Crippen LogP contribution in [0.5, 0.6) is 11.5 Å². The molecule has 6 nitrogen and oxygen atoms in total. The molecule has 0 radical (unpaired) electrons. The zero-order valence-corrected chi connectivity index (χ0v) is 29.6. The molecule has 3 aromatic carbocycles. The lowest BCUT2D eigenvalue weighted by molar-refractivity contribution is 0.473. The number of aromatic nitrogens is 1. The number of nitrogens with zero attached hydrogens (tertiary/aromatic N) is 2. The molecule has 0 amide bonds. The number of aliphatic imine (C=N–C) groups is 1. The third kappa shape index (κ3) is 9.33. The standard InChI is InChI=1S/C15H9ClFIN2O.C9H7ClIN.C6H5ClFNO.ClH/c16-10-6-11(17)14(7-15(10)21)20-12-3-4-19-13-5-8(18)1-2-9(12)13;10-8-3-4-12-9-5-6(11)1-2-7(8)9;7-3-1-4(8)5(9)2-6(3)10;/h1-7,21H,(H,19,20);1-5,7,9H;1-2,10H,9H2;1H. The summed E-state index contributed by atoms with van der Waals surface area (Å²) in [6.07, 6.45) is 11.6. The van der Waals surface area contributed by atoms with Crippen molar-refractivity contribution in [3.05, 3.63) is 113 Å². The van der Waals surface area contributed by atoms with Crippen molar-refractivity contribution in [1.29, 1.82) is 0 Å². The van der Waals surface area contributed by atoms with Crippen molar-refractivity contribution in [3.63, 3.8) is 0 Å². The van der Waals surface area contributed by atoms with Crippen molar-refractivity contribution in [2.24, 2.45) is 10.9 Å². The molecule has 2 atom stereocenters. The van der Waals surface area contributed by atoms with Gasteiger partial charge in [0.25, 0.3) is 0 Å². The van der Waals surface area contributed by atoms with E-state index in [9.17, 15) is 13.9 Å². The summed E-state index contributed by atoms with van der Waals surface area (Å²) in [5.74, 6) is -1.26. The summed E-state index contributed by atoms with van der Waals surface area (Å²) in [4.78, 5) is 8.62. The van der Waals surface area contributed by atoms with Crippen LogP contribution in [0.4, 0.5) is 25.8 Å². The molecular formula is C30H22Cl4F2I2N4O2. The van der Waals surface area contributed by atoms with Gasteiger partial charge in [-0.25, -0.2) is 8.78 Å². The number of pyridine rings is 1. The van der Waals surface area contributed by atoms with Gasteiger partial charge in [0, 0.05) is 53.7 Å². The lowest BCUT2D eigenvalue weighted by Crippen LogP contribution is -2.20. The molecule has 2 aliphatic rings. The summed E-state index contributed by atoms with van der Waals surface area (Å²) >= 11 is 21.5. The molecule has 1 aliphatic carbocycles. The zero-order chi connectivity index (χ0) is 31.3. The first kappa shape index (κ1) is 36.1. The number of phenolic OH excluding ortho intramolecular Hbond substituents is 2. The molecule has 0 spiro atoms. The Morgan fingerprint density at radius 3 is 2.27 bits per heavy atom. The Hall–Kier alpha value is -2.36. The van der Waals surface area contributed by atoms with Crippen LogP contribution in [0.1, 0.15) is 0 Å². The summed E-state index contributed by atoms with van der Waals surface area (Å²) in [5, 5.41) is 23.1. The second-order valence-corrected chi connectivity index (χ2v) is 12.8. The third-order valence-corrected chi connectivity index (χ3v) is 8.42. The second kappa shape index (κ2) is 16.3. The lowest BCUT2D eigenvalue weighted by atomic mass is 9.93. The van der Waals surface area contributed by atoms with Crippen molar-refractivity contribution in [2.45, 2.75) is 6.04 Å². The maximum atomic E-state index is 13.9. The summed E-state index contributed by atoms with van der Waals surface area (Å²) in [6, 6.07) is 12.1. The maximum absolute atomic E-state index is 13.9. The minimum atomic E-state index is -0.622. The Labute approximate surface area is 300 Å². The predicted molar refractivity (Wildman–Crippen MR) is 197 cm³/mol. The van der Waals surface area contributed by atoms with E-state index in [2.05, 4.69) is 78.7 Å². The number of nitrogens with two attached hydrogens (primary N) is 1. The number of benzene rings is 3. The number of fused-ring (bicyclic) bond motifs is 2. The van der Waals surface area contributed by atoms with Gasteiger partial charge in [-0.3, -0.25) is 9.98 Å². The number of hydrogen-bond donors (Lipinski definition) is 4. The van der Waals surface area contributed by atoms with Gasteiger partial charge in [-0.1, -0.05) is 47.0 Å². The van der Waals surface area contributed by atoms with Crippen molar-refractivity contribution >= 4 is 127 Å². The first-order valence-corrected chi connectivity index (χ1v) is 15.6. The molecule has 44 heavy (non-hydrogen) atoms. The fourth-order valence-electron chi connectivity index (χ4n) is 3.91. The first-order chi connectivity index (χ1) is 20.4. The normalized spacial score (nSPS) is 16.2. The average Bonchev–Trinajstić information content (AvgIpc) is 2.95. The molecule has 6 rings (SSSR count). The molecule has 2 heterocycles. The van der Waals surface area contributed by atoms with Gasteiger partial charge in [0.1, 0.15) is 23.1 Å². The fourth-order valence-corrected chi connectivity index (χ4v) is 5.52. The molecule has 14 heteroatoms. The lowest BCUT2D eigenvalue weighted by Gasteiger charge is -2.23. The summed E-state index contributed by atoms with van der Waals surface area (Å²) < 4.78 is 28.6. The van der Waals surface area contributed by atoms with E-state index in [1.54, 1.807) is 18.5 Å². The van der Waals surface area contributed by atoms with Crippen LogP contribution in [0.15, 0.2) is 92.6 Å². The van der Waals surface area contributed by atoms with Gasteiger partial charge in [0.2, 0.25) is 0 Å². The number of allylic oxidation sites excluding steroid dienone is 3. The van der Waals surface area contributed by atoms with Gasteiger partial charge in [-0.2, -0.15) is 0 Å². The van der Waals surface area contributed by atoms with Crippen LogP contribution in [0.3, 0.4) is 0 Å². The van der Waals surface area contributed by atoms with Gasteiger partial charge in [0.05, 0.1) is 33.0 Å². The minimum absolute atomic E-state index is 0. The molecule has 0 saturated carbocycles. The number of dihydropyridines is 1. The molecule has 2 unspecified atom stereocenters. The highest BCUT2D eigenvalue weighted by Crippen LogP contribution is 2.34. The Morgan fingerprint density at radius 2 is 1.57 bits per heavy atom. The molecule has 0 bridgehead atoms. The molecule has 1 aromatic heterocycles. The second-order valence-electron chi connectivity index (χ2n) is 9.03. The van der Waals surface area contributed by atoms with Crippen molar-refractivity contribution in [2.75, 3.05) is 11.1 Å². The van der Waals surface area contributed by atoms with Crippen molar-refractivity contribution < 1.29 is 19.0 Å². The quantitative estimate of drug-likeness (QED) is 0.119. The van der Waals surface area contributed by atoms with E-state index in [0.717, 1.165) is 37.7 Å². The fraction of sp³-hybridized carbons (Fsp3) is 0.0667. The Morgan fingerprint density at radius 1 is 0.886 bits per heavy atom. The highest BCUT2D eigenvalue weighted by Gasteiger charge is 2.23. The van der Waals surface area contributed by atoms with Crippen molar-refractivity contribution in [1.82, 2.24) is 4.98 Å². The molecule has 5 N–H and O–H groups in total. The smallest absolute Gasteiger partial charge is 0.148 e. The number of hydrogen-bond acceptors (Lipinski definition) is 6. The van der Waals surface area contributed by atoms with Crippen LogP contribution in [0.2, 0.25) is 10.0 Å². The van der Waals surface area contributed by atoms with E-state index < -0.39 is 11.6 Å². The van der Waals surface area contributed by atoms with Gasteiger partial charge in [-0.15, -0.1) is 12.4 Å². The average molecular weight is 904 g/mol. The van der Waals surface area contributed by atoms with Gasteiger partial charge < -0.3 is 21.3 Å². The minimum Gasteiger partial charge on any atom is -0.506 e. The van der Waals surface area contributed by atoms with Crippen LogP contribution in [0, 0.1) is 21.1 Å². The topological polar surface area (TPSA) is 104 Å². The van der Waals surface area contributed by atoms with E-state index in [1.807, 2.05) is 24.3 Å². The van der Waals surface area contributed by atoms with E-state index in [-0.39, 0.29) is 57.3 Å². The largest absolute Gasteiger partial charge is 0.506 e. The van der Waals surface area contributed by atoms with E-state index in [0.29, 0.717) is 5.69 Å². The number of aromatic hydroxyl groups is 2. The number of anilines is 3. The summed E-state index contributed by atoms with van der Waals surface area (Å²) in [5.41, 5.74) is 6.66. The Balaban J connectivity index is 0.000000196. The molecule has 0 saturated heterocycles. The van der Waals surface area contributed by atoms with Crippen LogP contribution in [-0.2, 0) is 0 Å². The SMILES string of the molecule is Cl.ClC1=CC=NC2C=C(I)C=CC12.Nc1cc(O)c(Cl)cc1F.Oc1cc(Nc2ccnc3cc(I)ccc23)c(F)cc1Cl. The molecule has 0 fully saturated rings. The van der Waals surface area contributed by atoms with Crippen LogP contribution in [0.25, 0.3) is 10.9 Å². The van der Waals surface area contributed by atoms with E-state index >= 15 is 0 Å². The Kier molecular flexibility index (Phi) is 13.4. The first-order valence-electron chi connectivity index (χ1n) is 12.3. The third-order valence-electron chi connectivity index (χ3n) is 6.05. The predicted octanol–water partition coefficient (Wildman–Crippen LogP) is 10.3. The monoisotopic (exact) mass is 902 g/mol. The zero-order valence-electron chi connectivity index (χ0n) is 22.2. The summed E-state index contributed by atoms with van der Waals surface area (Å²) in [7, 11) is 0. The number of rotatable bonds is 2. The molecule has 230 valence electrons.